The molecule has 0 bridgehead atoms. The van der Waals surface area contributed by atoms with Gasteiger partial charge in [-0.25, -0.2) is 4.98 Å². The molecule has 1 atom stereocenters. The number of hydrogen-bond acceptors (Lipinski definition) is 4. The number of nitrogens with one attached hydrogen (secondary N) is 1. The van der Waals surface area contributed by atoms with Crippen LogP contribution in [0.1, 0.15) is 37.5 Å². The van der Waals surface area contributed by atoms with E-state index in [1.807, 2.05) is 17.8 Å². The van der Waals surface area contributed by atoms with Gasteiger partial charge in [-0.15, -0.1) is 0 Å². The van der Waals surface area contributed by atoms with E-state index in [2.05, 4.69) is 10.3 Å². The molecule has 0 saturated carbocycles. The zero-order valence-corrected chi connectivity index (χ0v) is 13.9. The van der Waals surface area contributed by atoms with E-state index in [9.17, 15) is 8.42 Å². The van der Waals surface area contributed by atoms with Crippen molar-refractivity contribution in [3.63, 3.8) is 0 Å². The molecule has 8 heteroatoms. The van der Waals surface area contributed by atoms with Gasteiger partial charge in [0.15, 0.2) is 0 Å². The molecule has 2 fully saturated rings. The van der Waals surface area contributed by atoms with Crippen LogP contribution in [0.2, 0.25) is 0 Å². The maximum Gasteiger partial charge on any atom is 0.282 e. The van der Waals surface area contributed by atoms with Crippen LogP contribution in [-0.4, -0.2) is 59.3 Å². The first kappa shape index (κ1) is 15.9. The van der Waals surface area contributed by atoms with Gasteiger partial charge in [0.2, 0.25) is 0 Å². The SMILES string of the molecule is Cn1ccnc1C1CNCCN1S(=O)(=O)N1CCCCCC1. The van der Waals surface area contributed by atoms with E-state index in [1.54, 1.807) is 14.8 Å². The molecular weight excluding hydrogens is 302 g/mol. The lowest BCUT2D eigenvalue weighted by Crippen LogP contribution is -2.54. The highest BCUT2D eigenvalue weighted by atomic mass is 32.2. The molecule has 1 aromatic heterocycles. The van der Waals surface area contributed by atoms with Crippen LogP contribution in [0.3, 0.4) is 0 Å². The number of imidazole rings is 1. The van der Waals surface area contributed by atoms with Crippen molar-refractivity contribution in [1.82, 2.24) is 23.5 Å². The van der Waals surface area contributed by atoms with Crippen molar-refractivity contribution in [2.24, 2.45) is 7.05 Å². The lowest BCUT2D eigenvalue weighted by molar-refractivity contribution is 0.236. The average Bonchev–Trinajstić information content (AvgIpc) is 2.77. The summed E-state index contributed by atoms with van der Waals surface area (Å²) >= 11 is 0. The number of rotatable bonds is 3. The second-order valence-electron chi connectivity index (χ2n) is 6.05. The second kappa shape index (κ2) is 6.66. The normalized spacial score (nSPS) is 26.0. The van der Waals surface area contributed by atoms with Gasteiger partial charge in [0.25, 0.3) is 10.2 Å². The minimum Gasteiger partial charge on any atom is -0.337 e. The Morgan fingerprint density at radius 2 is 1.91 bits per heavy atom. The zero-order valence-electron chi connectivity index (χ0n) is 13.1. The van der Waals surface area contributed by atoms with Gasteiger partial charge >= 0.3 is 0 Å². The van der Waals surface area contributed by atoms with Crippen molar-refractivity contribution in [3.8, 4) is 0 Å². The van der Waals surface area contributed by atoms with Crippen LogP contribution in [0, 0.1) is 0 Å². The molecule has 1 N–H and O–H groups in total. The third kappa shape index (κ3) is 3.05. The van der Waals surface area contributed by atoms with Crippen molar-refractivity contribution in [2.75, 3.05) is 32.7 Å². The van der Waals surface area contributed by atoms with Crippen LogP contribution in [0.5, 0.6) is 0 Å². The van der Waals surface area contributed by atoms with Gasteiger partial charge in [0.05, 0.1) is 6.04 Å². The summed E-state index contributed by atoms with van der Waals surface area (Å²) in [6.07, 6.45) is 7.74. The van der Waals surface area contributed by atoms with Crippen LogP contribution in [0.25, 0.3) is 0 Å². The maximum absolute atomic E-state index is 13.1. The third-order valence-electron chi connectivity index (χ3n) is 4.54. The Morgan fingerprint density at radius 1 is 1.18 bits per heavy atom. The maximum atomic E-state index is 13.1. The van der Waals surface area contributed by atoms with Crippen LogP contribution in [-0.2, 0) is 17.3 Å². The van der Waals surface area contributed by atoms with Gasteiger partial charge in [0, 0.05) is 52.2 Å². The van der Waals surface area contributed by atoms with Crippen molar-refractivity contribution in [3.05, 3.63) is 18.2 Å². The van der Waals surface area contributed by atoms with Crippen molar-refractivity contribution in [1.29, 1.82) is 0 Å². The molecule has 0 radical (unpaired) electrons. The van der Waals surface area contributed by atoms with Crippen LogP contribution >= 0.6 is 0 Å². The summed E-state index contributed by atoms with van der Waals surface area (Å²) in [4.78, 5) is 4.37. The Labute approximate surface area is 132 Å². The zero-order chi connectivity index (χ0) is 15.6. The molecule has 2 aliphatic rings. The minimum absolute atomic E-state index is 0.234. The quantitative estimate of drug-likeness (QED) is 0.877. The molecule has 3 heterocycles. The van der Waals surface area contributed by atoms with Crippen molar-refractivity contribution < 1.29 is 8.42 Å². The summed E-state index contributed by atoms with van der Waals surface area (Å²) in [5, 5.41) is 3.29. The predicted octanol–water partition coefficient (Wildman–Crippen LogP) is 0.487. The summed E-state index contributed by atoms with van der Waals surface area (Å²) in [6, 6.07) is -0.234. The molecule has 3 rings (SSSR count). The van der Waals surface area contributed by atoms with Gasteiger partial charge in [-0.2, -0.15) is 17.0 Å². The second-order valence-corrected chi connectivity index (χ2v) is 7.93. The summed E-state index contributed by atoms with van der Waals surface area (Å²) in [5.41, 5.74) is 0. The predicted molar refractivity (Wildman–Crippen MR) is 84.5 cm³/mol. The molecule has 124 valence electrons. The molecule has 1 unspecified atom stereocenters. The monoisotopic (exact) mass is 327 g/mol. The molecule has 0 spiro atoms. The third-order valence-corrected chi connectivity index (χ3v) is 6.59. The van der Waals surface area contributed by atoms with E-state index >= 15 is 0 Å². The number of aromatic nitrogens is 2. The molecule has 2 saturated heterocycles. The molecule has 7 nitrogen and oxygen atoms in total. The van der Waals surface area contributed by atoms with E-state index in [0.717, 1.165) is 31.5 Å². The van der Waals surface area contributed by atoms with E-state index in [1.165, 1.54) is 0 Å². The van der Waals surface area contributed by atoms with Gasteiger partial charge < -0.3 is 9.88 Å². The average molecular weight is 327 g/mol. The molecular formula is C14H25N5O2S. The Kier molecular flexibility index (Phi) is 4.82. The standard InChI is InChI=1S/C14H25N5O2S/c1-17-10-7-16-14(17)13-12-15-6-11-19(13)22(20,21)18-8-4-2-3-5-9-18/h7,10,13,15H,2-6,8-9,11-12H2,1H3. The highest BCUT2D eigenvalue weighted by molar-refractivity contribution is 7.86. The van der Waals surface area contributed by atoms with Crippen molar-refractivity contribution >= 4 is 10.2 Å². The highest BCUT2D eigenvalue weighted by Crippen LogP contribution is 2.27. The summed E-state index contributed by atoms with van der Waals surface area (Å²) < 4.78 is 31.4. The molecule has 2 aliphatic heterocycles. The van der Waals surface area contributed by atoms with Gasteiger partial charge in [0.1, 0.15) is 5.82 Å². The Balaban J connectivity index is 1.87. The van der Waals surface area contributed by atoms with Crippen LogP contribution in [0.15, 0.2) is 12.4 Å². The lowest BCUT2D eigenvalue weighted by atomic mass is 10.2. The number of aryl methyl sites for hydroxylation is 1. The fraction of sp³-hybridized carbons (Fsp3) is 0.786. The molecule has 0 aliphatic carbocycles. The highest BCUT2D eigenvalue weighted by Gasteiger charge is 2.38. The Morgan fingerprint density at radius 3 is 2.55 bits per heavy atom. The van der Waals surface area contributed by atoms with Gasteiger partial charge in [-0.05, 0) is 12.8 Å². The van der Waals surface area contributed by atoms with Gasteiger partial charge in [-0.1, -0.05) is 12.8 Å². The van der Waals surface area contributed by atoms with E-state index in [-0.39, 0.29) is 6.04 Å². The van der Waals surface area contributed by atoms with Crippen LogP contribution < -0.4 is 5.32 Å². The van der Waals surface area contributed by atoms with E-state index < -0.39 is 10.2 Å². The lowest BCUT2D eigenvalue weighted by Gasteiger charge is -2.37. The number of hydrogen-bond donors (Lipinski definition) is 1. The molecule has 1 aromatic rings. The fourth-order valence-corrected chi connectivity index (χ4v) is 5.13. The van der Waals surface area contributed by atoms with Crippen molar-refractivity contribution in [2.45, 2.75) is 31.7 Å². The van der Waals surface area contributed by atoms with Crippen LogP contribution in [0.4, 0.5) is 0 Å². The van der Waals surface area contributed by atoms with E-state index in [0.29, 0.717) is 32.7 Å². The molecule has 22 heavy (non-hydrogen) atoms. The summed E-state index contributed by atoms with van der Waals surface area (Å²) in [6.45, 7) is 3.07. The Bertz CT molecular complexity index is 592. The first-order chi connectivity index (χ1) is 10.6. The smallest absolute Gasteiger partial charge is 0.282 e. The van der Waals surface area contributed by atoms with E-state index in [4.69, 9.17) is 0 Å². The molecule has 0 amide bonds. The summed E-state index contributed by atoms with van der Waals surface area (Å²) in [5.74, 6) is 0.797. The first-order valence-electron chi connectivity index (χ1n) is 8.05. The first-order valence-corrected chi connectivity index (χ1v) is 9.45. The number of piperazine rings is 1. The fourth-order valence-electron chi connectivity index (χ4n) is 3.30. The minimum atomic E-state index is -3.43. The Hall–Kier alpha value is -0.960. The summed E-state index contributed by atoms with van der Waals surface area (Å²) in [7, 11) is -1.52. The largest absolute Gasteiger partial charge is 0.337 e. The van der Waals surface area contributed by atoms with Gasteiger partial charge in [-0.3, -0.25) is 0 Å². The topological polar surface area (TPSA) is 70.5 Å². The molecule has 0 aromatic carbocycles. The number of nitrogens with zero attached hydrogens (tertiary/aromatic N) is 4.